The number of hydrogen-bond donors (Lipinski definition) is 1. The van der Waals surface area contributed by atoms with Gasteiger partial charge in [0.25, 0.3) is 0 Å². The molecular formula is C17H13F4O3-. The Bertz CT molecular complexity index is 693. The van der Waals surface area contributed by atoms with Crippen molar-refractivity contribution < 1.29 is 32.6 Å². The summed E-state index contributed by atoms with van der Waals surface area (Å²) in [4.78, 5) is 11.3. The molecule has 1 N–H and O–H groups in total. The number of rotatable bonds is 5. The van der Waals surface area contributed by atoms with Crippen LogP contribution in [0.25, 0.3) is 0 Å². The average Bonchev–Trinajstić information content (AvgIpc) is 2.52. The van der Waals surface area contributed by atoms with Crippen LogP contribution in [0.2, 0.25) is 0 Å². The summed E-state index contributed by atoms with van der Waals surface area (Å²) in [6.45, 7) is 0. The molecule has 7 heteroatoms. The molecule has 0 fully saturated rings. The van der Waals surface area contributed by atoms with Crippen molar-refractivity contribution in [1.82, 2.24) is 0 Å². The molecule has 2 aromatic rings. The molecule has 2 aromatic carbocycles. The van der Waals surface area contributed by atoms with Gasteiger partial charge >= 0.3 is 6.18 Å². The highest BCUT2D eigenvalue weighted by molar-refractivity contribution is 5.69. The van der Waals surface area contributed by atoms with Crippen molar-refractivity contribution in [2.45, 2.75) is 18.7 Å². The Labute approximate surface area is 135 Å². The van der Waals surface area contributed by atoms with Gasteiger partial charge in [-0.15, -0.1) is 0 Å². The maximum atomic E-state index is 12.9. The molecule has 0 aliphatic rings. The fraction of sp³-hybridized carbons (Fsp3) is 0.235. The van der Waals surface area contributed by atoms with Crippen molar-refractivity contribution in [3.05, 3.63) is 71.0 Å². The quantitative estimate of drug-likeness (QED) is 0.850. The zero-order valence-electron chi connectivity index (χ0n) is 12.3. The minimum absolute atomic E-state index is 0.178. The molecule has 2 atom stereocenters. The zero-order chi connectivity index (χ0) is 17.9. The summed E-state index contributed by atoms with van der Waals surface area (Å²) in [5, 5.41) is 21.5. The van der Waals surface area contributed by atoms with E-state index in [1.807, 2.05) is 0 Å². The van der Waals surface area contributed by atoms with Crippen LogP contribution in [-0.2, 0) is 17.4 Å². The van der Waals surface area contributed by atoms with Crippen LogP contribution in [-0.4, -0.2) is 11.1 Å². The lowest BCUT2D eigenvalue weighted by atomic mass is 9.89. The van der Waals surface area contributed by atoms with Gasteiger partial charge in [0.1, 0.15) is 5.82 Å². The summed E-state index contributed by atoms with van der Waals surface area (Å²) in [6.07, 6.45) is -6.18. The number of carboxylic acids is 1. The number of halogens is 4. The smallest absolute Gasteiger partial charge is 0.416 e. The number of aliphatic hydroxyl groups excluding tert-OH is 1. The van der Waals surface area contributed by atoms with Gasteiger partial charge in [-0.2, -0.15) is 13.2 Å². The molecule has 0 bridgehead atoms. The maximum Gasteiger partial charge on any atom is 0.416 e. The number of benzene rings is 2. The molecule has 128 valence electrons. The molecule has 0 aliphatic carbocycles. The fourth-order valence-corrected chi connectivity index (χ4v) is 2.30. The molecule has 3 nitrogen and oxygen atoms in total. The van der Waals surface area contributed by atoms with Crippen LogP contribution >= 0.6 is 0 Å². The Morgan fingerprint density at radius 1 is 1.04 bits per heavy atom. The summed E-state index contributed by atoms with van der Waals surface area (Å²) in [5.41, 5.74) is -0.369. The van der Waals surface area contributed by atoms with Crippen molar-refractivity contribution in [3.63, 3.8) is 0 Å². The number of carbonyl (C=O) groups excluding carboxylic acids is 1. The Kier molecular flexibility index (Phi) is 5.23. The summed E-state index contributed by atoms with van der Waals surface area (Å²) >= 11 is 0. The summed E-state index contributed by atoms with van der Waals surface area (Å²) in [6, 6.07) is 8.60. The first kappa shape index (κ1) is 17.9. The average molecular weight is 341 g/mol. The first-order valence-corrected chi connectivity index (χ1v) is 6.99. The molecular weight excluding hydrogens is 328 g/mol. The highest BCUT2D eigenvalue weighted by Crippen LogP contribution is 2.30. The van der Waals surface area contributed by atoms with Gasteiger partial charge in [0.05, 0.1) is 11.7 Å². The number of aliphatic carboxylic acids is 1. The standard InChI is InChI=1S/C17H14F4O3/c18-13-7-3-11(4-8-13)15(22)14(16(23)24)9-10-1-5-12(6-2-10)17(19,20)21/h1-8,14-15,22H,9H2,(H,23,24)/p-1. The molecule has 24 heavy (non-hydrogen) atoms. The molecule has 0 radical (unpaired) electrons. The van der Waals surface area contributed by atoms with Gasteiger partial charge in [-0.1, -0.05) is 24.3 Å². The second-order valence-electron chi connectivity index (χ2n) is 5.32. The van der Waals surface area contributed by atoms with Crippen LogP contribution in [0.15, 0.2) is 48.5 Å². The molecule has 0 saturated heterocycles. The highest BCUT2D eigenvalue weighted by atomic mass is 19.4. The Balaban J connectivity index is 2.19. The van der Waals surface area contributed by atoms with Crippen molar-refractivity contribution in [2.24, 2.45) is 5.92 Å². The van der Waals surface area contributed by atoms with Crippen molar-refractivity contribution in [3.8, 4) is 0 Å². The van der Waals surface area contributed by atoms with Gasteiger partial charge in [0.15, 0.2) is 0 Å². The lowest BCUT2D eigenvalue weighted by molar-refractivity contribution is -0.314. The van der Waals surface area contributed by atoms with E-state index in [0.717, 1.165) is 36.4 Å². The number of carbonyl (C=O) groups is 1. The van der Waals surface area contributed by atoms with E-state index in [0.29, 0.717) is 5.56 Å². The van der Waals surface area contributed by atoms with Crippen LogP contribution < -0.4 is 5.11 Å². The van der Waals surface area contributed by atoms with E-state index in [4.69, 9.17) is 0 Å². The monoisotopic (exact) mass is 341 g/mol. The number of hydrogen-bond acceptors (Lipinski definition) is 3. The van der Waals surface area contributed by atoms with Crippen LogP contribution in [0, 0.1) is 11.7 Å². The van der Waals surface area contributed by atoms with Gasteiger partial charge in [0.2, 0.25) is 0 Å². The third-order valence-corrected chi connectivity index (χ3v) is 3.63. The number of aliphatic hydroxyl groups is 1. The maximum absolute atomic E-state index is 12.9. The Hall–Kier alpha value is -2.41. The van der Waals surface area contributed by atoms with E-state index < -0.39 is 35.5 Å². The Morgan fingerprint density at radius 3 is 2.04 bits per heavy atom. The fourth-order valence-electron chi connectivity index (χ4n) is 2.30. The SMILES string of the molecule is O=C([O-])C(Cc1ccc(C(F)(F)F)cc1)C(O)c1ccc(F)cc1. The van der Waals surface area contributed by atoms with Gasteiger partial charge in [-0.05, 0) is 41.8 Å². The van der Waals surface area contributed by atoms with Gasteiger partial charge in [0, 0.05) is 11.9 Å². The topological polar surface area (TPSA) is 60.4 Å². The first-order valence-electron chi connectivity index (χ1n) is 6.99. The number of carboxylic acid groups (broad SMARTS) is 1. The van der Waals surface area contributed by atoms with E-state index in [9.17, 15) is 32.6 Å². The van der Waals surface area contributed by atoms with Crippen molar-refractivity contribution >= 4 is 5.97 Å². The molecule has 0 amide bonds. The van der Waals surface area contributed by atoms with Crippen LogP contribution in [0.1, 0.15) is 22.8 Å². The molecule has 0 saturated carbocycles. The van der Waals surface area contributed by atoms with Crippen molar-refractivity contribution in [1.29, 1.82) is 0 Å². The number of alkyl halides is 3. The lowest BCUT2D eigenvalue weighted by Crippen LogP contribution is -2.36. The van der Waals surface area contributed by atoms with E-state index in [1.165, 1.54) is 12.1 Å². The highest BCUT2D eigenvalue weighted by Gasteiger charge is 2.30. The summed E-state index contributed by atoms with van der Waals surface area (Å²) in [5.74, 6) is -3.47. The molecule has 0 aliphatic heterocycles. The van der Waals surface area contributed by atoms with Gasteiger partial charge < -0.3 is 15.0 Å². The zero-order valence-corrected chi connectivity index (χ0v) is 12.3. The molecule has 0 spiro atoms. The largest absolute Gasteiger partial charge is 0.550 e. The molecule has 0 aromatic heterocycles. The van der Waals surface area contributed by atoms with E-state index in [-0.39, 0.29) is 12.0 Å². The van der Waals surface area contributed by atoms with E-state index in [2.05, 4.69) is 0 Å². The second kappa shape index (κ2) is 7.00. The predicted molar refractivity (Wildman–Crippen MR) is 75.0 cm³/mol. The molecule has 0 heterocycles. The van der Waals surface area contributed by atoms with Crippen LogP contribution in [0.3, 0.4) is 0 Å². The second-order valence-corrected chi connectivity index (χ2v) is 5.32. The van der Waals surface area contributed by atoms with Gasteiger partial charge in [-0.3, -0.25) is 0 Å². The predicted octanol–water partition coefficient (Wildman–Crippen LogP) is 2.49. The minimum Gasteiger partial charge on any atom is -0.550 e. The molecule has 2 rings (SSSR count). The third-order valence-electron chi connectivity index (χ3n) is 3.63. The van der Waals surface area contributed by atoms with E-state index in [1.54, 1.807) is 0 Å². The normalized spacial score (nSPS) is 14.2. The summed E-state index contributed by atoms with van der Waals surface area (Å²) in [7, 11) is 0. The molecule has 2 unspecified atom stereocenters. The first-order chi connectivity index (χ1) is 11.2. The van der Waals surface area contributed by atoms with Crippen molar-refractivity contribution in [2.75, 3.05) is 0 Å². The Morgan fingerprint density at radius 2 is 1.58 bits per heavy atom. The van der Waals surface area contributed by atoms with E-state index >= 15 is 0 Å². The minimum atomic E-state index is -4.49. The lowest BCUT2D eigenvalue weighted by Gasteiger charge is -2.24. The van der Waals surface area contributed by atoms with Crippen LogP contribution in [0.4, 0.5) is 17.6 Å². The van der Waals surface area contributed by atoms with Gasteiger partial charge in [-0.25, -0.2) is 4.39 Å². The third kappa shape index (κ3) is 4.32. The van der Waals surface area contributed by atoms with Crippen LogP contribution in [0.5, 0.6) is 0 Å². The summed E-state index contributed by atoms with van der Waals surface area (Å²) < 4.78 is 50.4.